The zero-order valence-electron chi connectivity index (χ0n) is 27.2. The number of fused-ring (bicyclic) bond motifs is 1. The second-order valence-electron chi connectivity index (χ2n) is 11.2. The Hall–Kier alpha value is -3.26. The molecule has 0 unspecified atom stereocenters. The molecule has 3 heterocycles. The first-order valence-electron chi connectivity index (χ1n) is 14.4. The number of aromatic nitrogens is 4. The van der Waals surface area contributed by atoms with Crippen LogP contribution < -0.4 is 20.9 Å². The lowest BCUT2D eigenvalue weighted by atomic mass is 9.96. The fourth-order valence-corrected chi connectivity index (χ4v) is 8.21. The monoisotopic (exact) mass is 707 g/mol. The number of ether oxygens (including phenoxy) is 5. The van der Waals surface area contributed by atoms with Crippen molar-refractivity contribution in [1.82, 2.24) is 29.9 Å². The zero-order valence-corrected chi connectivity index (χ0v) is 28.9. The number of carbonyl (C=O) groups excluding carboxylic acids is 3. The molecule has 47 heavy (non-hydrogen) atoms. The highest BCUT2D eigenvalue weighted by molar-refractivity contribution is 8.56. The molecule has 6 N–H and O–H groups in total. The topological polar surface area (TPSA) is 258 Å². The van der Waals surface area contributed by atoms with Crippen LogP contribution in [0.25, 0.3) is 11.2 Å². The SMILES string of the molecule is COC(=O)N[C@@H](CS[P@](=O)(N[C@@H](C)C(=O)OC(C)C)OC[C@H]1O[C@@H](n2cnc3c(OC)nc(N)nc32)[C@](C)(O)[C@@H]1O)C(=O)OC(C)C. The van der Waals surface area contributed by atoms with Crippen LogP contribution in [0.4, 0.5) is 10.7 Å². The maximum absolute atomic E-state index is 14.2. The summed E-state index contributed by atoms with van der Waals surface area (Å²) in [6.45, 7) is 4.44. The molecule has 1 fully saturated rings. The van der Waals surface area contributed by atoms with Gasteiger partial charge in [0.1, 0.15) is 29.9 Å². The van der Waals surface area contributed by atoms with E-state index in [0.29, 0.717) is 11.4 Å². The maximum Gasteiger partial charge on any atom is 0.407 e. The van der Waals surface area contributed by atoms with Gasteiger partial charge < -0.3 is 49.5 Å². The van der Waals surface area contributed by atoms with Crippen molar-refractivity contribution in [2.45, 2.75) is 89.9 Å². The van der Waals surface area contributed by atoms with Gasteiger partial charge in [-0.25, -0.2) is 19.7 Å². The van der Waals surface area contributed by atoms with E-state index < -0.39 is 79.7 Å². The Balaban J connectivity index is 1.86. The van der Waals surface area contributed by atoms with Crippen LogP contribution in [0.1, 0.15) is 47.8 Å². The van der Waals surface area contributed by atoms with Crippen molar-refractivity contribution in [3.05, 3.63) is 6.33 Å². The van der Waals surface area contributed by atoms with Crippen LogP contribution in [0.15, 0.2) is 6.33 Å². The van der Waals surface area contributed by atoms with Crippen LogP contribution >= 0.6 is 18.1 Å². The number of nitrogens with one attached hydrogen (secondary N) is 2. The molecule has 264 valence electrons. The van der Waals surface area contributed by atoms with Crippen LogP contribution in [0.3, 0.4) is 0 Å². The van der Waals surface area contributed by atoms with Crippen LogP contribution in [0.2, 0.25) is 0 Å². The third kappa shape index (κ3) is 9.43. The first kappa shape index (κ1) is 38.2. The number of amides is 1. The van der Waals surface area contributed by atoms with Gasteiger partial charge in [0.05, 0.1) is 39.4 Å². The number of hydrogen-bond acceptors (Lipinski definition) is 17. The number of carbonyl (C=O) groups is 3. The van der Waals surface area contributed by atoms with Crippen molar-refractivity contribution in [2.24, 2.45) is 0 Å². The molecular weight excluding hydrogens is 665 g/mol. The minimum Gasteiger partial charge on any atom is -0.479 e. The number of alkyl carbamates (subject to hydrolysis) is 1. The highest BCUT2D eigenvalue weighted by Gasteiger charge is 2.54. The molecule has 19 nitrogen and oxygen atoms in total. The van der Waals surface area contributed by atoms with E-state index >= 15 is 0 Å². The predicted molar refractivity (Wildman–Crippen MR) is 167 cm³/mol. The number of anilines is 1. The molecule has 0 spiro atoms. The van der Waals surface area contributed by atoms with Gasteiger partial charge in [-0.05, 0) is 41.5 Å². The van der Waals surface area contributed by atoms with E-state index in [1.54, 1.807) is 27.7 Å². The molecule has 21 heteroatoms. The molecule has 0 aliphatic carbocycles. The van der Waals surface area contributed by atoms with E-state index in [0.717, 1.165) is 7.11 Å². The zero-order chi connectivity index (χ0) is 35.3. The Morgan fingerprint density at radius 3 is 2.38 bits per heavy atom. The van der Waals surface area contributed by atoms with E-state index in [-0.39, 0.29) is 28.7 Å². The number of methoxy groups -OCH3 is 2. The number of nitrogen functional groups attached to an aromatic ring is 1. The van der Waals surface area contributed by atoms with Gasteiger partial charge in [-0.1, -0.05) is 11.4 Å². The molecule has 0 bridgehead atoms. The van der Waals surface area contributed by atoms with Crippen LogP contribution in [0, 0.1) is 0 Å². The molecule has 3 rings (SSSR count). The summed E-state index contributed by atoms with van der Waals surface area (Å²) in [7, 11) is 2.47. The number of hydrogen-bond donors (Lipinski definition) is 5. The van der Waals surface area contributed by atoms with E-state index in [4.69, 9.17) is 29.2 Å². The van der Waals surface area contributed by atoms with Crippen molar-refractivity contribution >= 4 is 53.2 Å². The minimum absolute atomic E-state index is 0.0794. The van der Waals surface area contributed by atoms with Gasteiger partial charge in [-0.3, -0.25) is 13.9 Å². The molecule has 0 saturated carbocycles. The van der Waals surface area contributed by atoms with E-state index in [1.807, 2.05) is 0 Å². The largest absolute Gasteiger partial charge is 0.479 e. The lowest BCUT2D eigenvalue weighted by Gasteiger charge is -2.27. The lowest BCUT2D eigenvalue weighted by Crippen LogP contribution is -2.45. The minimum atomic E-state index is -4.19. The molecule has 1 aliphatic rings. The molecule has 1 saturated heterocycles. The predicted octanol–water partition coefficient (Wildman–Crippen LogP) is 0.890. The highest BCUT2D eigenvalue weighted by Crippen LogP contribution is 2.57. The average Bonchev–Trinajstić information content (AvgIpc) is 3.49. The molecule has 0 radical (unpaired) electrons. The molecule has 1 aliphatic heterocycles. The third-order valence-electron chi connectivity index (χ3n) is 6.60. The standard InChI is InChI=1S/C26H42N7O12PS/c1-12(2)43-21(35)14(5)32-46(39,47-10-15(29-25(37)41-8)22(36)44-13(3)4)42-9-16-18(34)26(6,38)23(45-16)33-11-28-17-19(33)30-24(27)31-20(17)40-7/h11-16,18,23,34,38H,9-10H2,1-8H3,(H,29,37)(H,32,39)(H2,27,30,31)/t14-,15-,16+,18+,23+,26+,46-/m0/s1. The molecule has 2 aromatic heterocycles. The number of aliphatic hydroxyl groups is 2. The number of rotatable bonds is 15. The van der Waals surface area contributed by atoms with Gasteiger partial charge in [0.2, 0.25) is 11.8 Å². The number of nitrogens with zero attached hydrogens (tertiary/aromatic N) is 4. The van der Waals surface area contributed by atoms with Gasteiger partial charge in [-0.15, -0.1) is 0 Å². The number of imidazole rings is 1. The van der Waals surface area contributed by atoms with Gasteiger partial charge in [-0.2, -0.15) is 9.97 Å². The molecule has 1 amide bonds. The lowest BCUT2D eigenvalue weighted by molar-refractivity contribution is -0.150. The molecule has 7 atom stereocenters. The summed E-state index contributed by atoms with van der Waals surface area (Å²) >= 11 is 0.579. The molecule has 0 aromatic carbocycles. The fourth-order valence-electron chi connectivity index (χ4n) is 4.36. The fraction of sp³-hybridized carbons (Fsp3) is 0.692. The van der Waals surface area contributed by atoms with Gasteiger partial charge in [0, 0.05) is 5.75 Å². The van der Waals surface area contributed by atoms with Crippen molar-refractivity contribution in [3.63, 3.8) is 0 Å². The summed E-state index contributed by atoms with van der Waals surface area (Å²) in [4.78, 5) is 49.6. The smallest absolute Gasteiger partial charge is 0.407 e. The Labute approximate surface area is 274 Å². The molecular formula is C26H42N7O12PS. The van der Waals surface area contributed by atoms with Crippen molar-refractivity contribution < 1.29 is 57.4 Å². The summed E-state index contributed by atoms with van der Waals surface area (Å²) in [6, 6.07) is -2.49. The van der Waals surface area contributed by atoms with E-state index in [9.17, 15) is 29.2 Å². The number of nitrogens with two attached hydrogens (primary N) is 1. The second-order valence-corrected chi connectivity index (χ2v) is 15.5. The summed E-state index contributed by atoms with van der Waals surface area (Å²) in [5.41, 5.74) is 4.22. The summed E-state index contributed by atoms with van der Waals surface area (Å²) in [6.07, 6.45) is -4.80. The van der Waals surface area contributed by atoms with Crippen molar-refractivity contribution in [1.29, 1.82) is 0 Å². The van der Waals surface area contributed by atoms with E-state index in [2.05, 4.69) is 30.1 Å². The van der Waals surface area contributed by atoms with Crippen LogP contribution in [-0.4, -0.2) is 116 Å². The van der Waals surface area contributed by atoms with Gasteiger partial charge in [0.15, 0.2) is 17.4 Å². The maximum atomic E-state index is 14.2. The Morgan fingerprint density at radius 1 is 1.15 bits per heavy atom. The van der Waals surface area contributed by atoms with Crippen LogP contribution in [0.5, 0.6) is 5.88 Å². The second kappa shape index (κ2) is 15.8. The normalized spacial score (nSPS) is 23.7. The summed E-state index contributed by atoms with van der Waals surface area (Å²) < 4.78 is 47.5. The quantitative estimate of drug-likeness (QED) is 0.0978. The number of esters is 2. The van der Waals surface area contributed by atoms with Gasteiger partial charge >= 0.3 is 24.8 Å². The Morgan fingerprint density at radius 2 is 1.79 bits per heavy atom. The van der Waals surface area contributed by atoms with Crippen molar-refractivity contribution in [2.75, 3.05) is 32.3 Å². The first-order chi connectivity index (χ1) is 21.9. The molecule has 2 aromatic rings. The highest BCUT2D eigenvalue weighted by atomic mass is 32.7. The third-order valence-corrected chi connectivity index (χ3v) is 10.7. The Bertz CT molecular complexity index is 1480. The van der Waals surface area contributed by atoms with Gasteiger partial charge in [0.25, 0.3) is 0 Å². The number of aliphatic hydroxyl groups excluding tert-OH is 1. The Kier molecular flexibility index (Phi) is 12.8. The van der Waals surface area contributed by atoms with Crippen LogP contribution in [-0.2, 0) is 37.6 Å². The summed E-state index contributed by atoms with van der Waals surface area (Å²) in [5.74, 6) is -1.98. The summed E-state index contributed by atoms with van der Waals surface area (Å²) in [5, 5.41) is 27.4. The van der Waals surface area contributed by atoms with Crippen molar-refractivity contribution in [3.8, 4) is 5.88 Å². The first-order valence-corrected chi connectivity index (χ1v) is 17.7. The van der Waals surface area contributed by atoms with E-state index in [1.165, 1.54) is 31.9 Å². The average molecular weight is 708 g/mol.